The van der Waals surface area contributed by atoms with Crippen molar-refractivity contribution < 1.29 is 9.53 Å². The summed E-state index contributed by atoms with van der Waals surface area (Å²) < 4.78 is 4.59. The molecule has 9 heteroatoms. The predicted molar refractivity (Wildman–Crippen MR) is 126 cm³/mol. The van der Waals surface area contributed by atoms with Crippen LogP contribution in [-0.4, -0.2) is 62.3 Å². The Morgan fingerprint density at radius 1 is 1.14 bits per heavy atom. The van der Waals surface area contributed by atoms with E-state index in [-0.39, 0.29) is 24.0 Å². The molecular weight excluding hydrogens is 483 g/mol. The quantitative estimate of drug-likeness (QED) is 0.374. The number of hydrogen-bond donors (Lipinski definition) is 2. The Morgan fingerprint density at radius 2 is 1.86 bits per heavy atom. The minimum absolute atomic E-state index is 0. The molecule has 2 aromatic rings. The molecule has 8 nitrogen and oxygen atoms in total. The number of aliphatic imine (C=N–C) groups is 1. The molecule has 0 saturated carbocycles. The van der Waals surface area contributed by atoms with Crippen LogP contribution in [0.5, 0.6) is 0 Å². The van der Waals surface area contributed by atoms with Gasteiger partial charge in [-0.15, -0.1) is 24.0 Å². The average Bonchev–Trinajstić information content (AvgIpc) is 2.76. The van der Waals surface area contributed by atoms with Gasteiger partial charge >= 0.3 is 6.09 Å². The van der Waals surface area contributed by atoms with Gasteiger partial charge in [0.05, 0.1) is 7.11 Å². The van der Waals surface area contributed by atoms with Crippen LogP contribution in [0.4, 0.5) is 16.3 Å². The van der Waals surface area contributed by atoms with Crippen molar-refractivity contribution in [3.63, 3.8) is 0 Å². The molecule has 0 atom stereocenters. The molecular formula is C20H27IN6O2. The number of benzene rings is 1. The monoisotopic (exact) mass is 510 g/mol. The van der Waals surface area contributed by atoms with Crippen molar-refractivity contribution in [2.24, 2.45) is 4.99 Å². The molecule has 156 valence electrons. The molecule has 29 heavy (non-hydrogen) atoms. The molecule has 1 aliphatic rings. The van der Waals surface area contributed by atoms with Gasteiger partial charge in [0.15, 0.2) is 5.96 Å². The van der Waals surface area contributed by atoms with Gasteiger partial charge < -0.3 is 19.9 Å². The van der Waals surface area contributed by atoms with Crippen LogP contribution >= 0.6 is 24.0 Å². The Morgan fingerprint density at radius 3 is 2.45 bits per heavy atom. The number of anilines is 2. The topological polar surface area (TPSA) is 82.1 Å². The van der Waals surface area contributed by atoms with E-state index in [0.717, 1.165) is 43.5 Å². The lowest BCUT2D eigenvalue weighted by Crippen LogP contribution is -2.52. The van der Waals surface area contributed by atoms with E-state index in [9.17, 15) is 4.79 Å². The first-order chi connectivity index (χ1) is 13.7. The highest BCUT2D eigenvalue weighted by Crippen LogP contribution is 2.13. The molecule has 0 bridgehead atoms. The number of carbonyl (C=O) groups excluding carboxylic acids is 1. The number of halogens is 1. The van der Waals surface area contributed by atoms with Crippen LogP contribution in [0.1, 0.15) is 5.56 Å². The zero-order chi connectivity index (χ0) is 19.8. The van der Waals surface area contributed by atoms with Gasteiger partial charge in [0.25, 0.3) is 0 Å². The number of carbonyl (C=O) groups is 1. The van der Waals surface area contributed by atoms with Gasteiger partial charge in [-0.3, -0.25) is 10.3 Å². The second-order valence-electron chi connectivity index (χ2n) is 6.38. The molecule has 1 saturated heterocycles. The van der Waals surface area contributed by atoms with Crippen molar-refractivity contribution >= 4 is 47.5 Å². The van der Waals surface area contributed by atoms with Gasteiger partial charge in [0.1, 0.15) is 5.82 Å². The fraction of sp³-hybridized carbons (Fsp3) is 0.350. The summed E-state index contributed by atoms with van der Waals surface area (Å²) in [6.45, 7) is 4.25. The average molecular weight is 510 g/mol. The second kappa shape index (κ2) is 11.4. The summed E-state index contributed by atoms with van der Waals surface area (Å²) in [7, 11) is 3.15. The van der Waals surface area contributed by atoms with Crippen LogP contribution in [0, 0.1) is 0 Å². The van der Waals surface area contributed by atoms with Crippen molar-refractivity contribution in [3.8, 4) is 0 Å². The smallest absolute Gasteiger partial charge is 0.411 e. The molecule has 0 spiro atoms. The molecule has 1 aliphatic heterocycles. The minimum atomic E-state index is -0.476. The first kappa shape index (κ1) is 22.7. The van der Waals surface area contributed by atoms with Gasteiger partial charge in [0.2, 0.25) is 0 Å². The van der Waals surface area contributed by atoms with Crippen molar-refractivity contribution in [1.82, 2.24) is 15.2 Å². The molecule has 3 rings (SSSR count). The zero-order valence-corrected chi connectivity index (χ0v) is 19.0. The normalized spacial score (nSPS) is 14.1. The number of nitrogens with one attached hydrogen (secondary N) is 2. The molecule has 2 N–H and O–H groups in total. The van der Waals surface area contributed by atoms with E-state index < -0.39 is 6.09 Å². The maximum absolute atomic E-state index is 11.2. The van der Waals surface area contributed by atoms with Crippen LogP contribution in [-0.2, 0) is 11.3 Å². The van der Waals surface area contributed by atoms with Crippen molar-refractivity contribution in [1.29, 1.82) is 0 Å². The molecule has 0 radical (unpaired) electrons. The molecule has 1 aromatic carbocycles. The Labute approximate surface area is 188 Å². The first-order valence-electron chi connectivity index (χ1n) is 9.25. The van der Waals surface area contributed by atoms with Crippen molar-refractivity contribution in [2.45, 2.75) is 6.54 Å². The lowest BCUT2D eigenvalue weighted by atomic mass is 10.2. The number of amides is 1. The lowest BCUT2D eigenvalue weighted by molar-refractivity contribution is 0.187. The summed E-state index contributed by atoms with van der Waals surface area (Å²) in [6.07, 6.45) is 1.35. The van der Waals surface area contributed by atoms with Crippen LogP contribution in [0.15, 0.2) is 53.7 Å². The maximum atomic E-state index is 11.2. The fourth-order valence-corrected chi connectivity index (χ4v) is 3.08. The largest absolute Gasteiger partial charge is 0.453 e. The third kappa shape index (κ3) is 6.48. The van der Waals surface area contributed by atoms with Crippen LogP contribution in [0.2, 0.25) is 0 Å². The van der Waals surface area contributed by atoms with E-state index in [1.54, 1.807) is 7.05 Å². The Hall–Kier alpha value is -2.56. The summed E-state index contributed by atoms with van der Waals surface area (Å²) in [4.78, 5) is 24.6. The summed E-state index contributed by atoms with van der Waals surface area (Å²) in [5.74, 6) is 1.91. The maximum Gasteiger partial charge on any atom is 0.411 e. The summed E-state index contributed by atoms with van der Waals surface area (Å²) in [5, 5.41) is 6.05. The lowest BCUT2D eigenvalue weighted by Gasteiger charge is -2.37. The van der Waals surface area contributed by atoms with E-state index in [1.807, 2.05) is 48.7 Å². The molecule has 1 amide bonds. The zero-order valence-electron chi connectivity index (χ0n) is 16.7. The van der Waals surface area contributed by atoms with E-state index in [4.69, 9.17) is 0 Å². The first-order valence-corrected chi connectivity index (χ1v) is 9.25. The van der Waals surface area contributed by atoms with E-state index >= 15 is 0 Å². The van der Waals surface area contributed by atoms with Crippen molar-refractivity contribution in [2.75, 3.05) is 50.6 Å². The predicted octanol–water partition coefficient (Wildman–Crippen LogP) is 2.78. The number of rotatable bonds is 4. The third-order valence-electron chi connectivity index (χ3n) is 4.60. The number of nitrogens with zero attached hydrogens (tertiary/aromatic N) is 4. The van der Waals surface area contributed by atoms with Gasteiger partial charge in [-0.2, -0.15) is 0 Å². The molecule has 1 fully saturated rings. The van der Waals surface area contributed by atoms with Gasteiger partial charge in [0, 0.05) is 51.7 Å². The van der Waals surface area contributed by atoms with E-state index in [0.29, 0.717) is 12.2 Å². The Kier molecular flexibility index (Phi) is 8.97. The molecule has 0 aliphatic carbocycles. The number of piperazine rings is 1. The highest BCUT2D eigenvalue weighted by Gasteiger charge is 2.20. The number of methoxy groups -OCH3 is 1. The number of hydrogen-bond acceptors (Lipinski definition) is 5. The molecule has 2 heterocycles. The third-order valence-corrected chi connectivity index (χ3v) is 4.60. The highest BCUT2D eigenvalue weighted by molar-refractivity contribution is 14.0. The fourth-order valence-electron chi connectivity index (χ4n) is 3.08. The van der Waals surface area contributed by atoms with Crippen LogP contribution in [0.25, 0.3) is 0 Å². The van der Waals surface area contributed by atoms with Crippen LogP contribution < -0.4 is 15.5 Å². The number of pyridine rings is 1. The number of aromatic nitrogens is 1. The highest BCUT2D eigenvalue weighted by atomic mass is 127. The number of guanidine groups is 1. The van der Waals surface area contributed by atoms with Crippen molar-refractivity contribution in [3.05, 3.63) is 54.2 Å². The van der Waals surface area contributed by atoms with Crippen LogP contribution in [0.3, 0.4) is 0 Å². The summed E-state index contributed by atoms with van der Waals surface area (Å²) in [5.41, 5.74) is 1.80. The number of ether oxygens (including phenoxy) is 1. The summed E-state index contributed by atoms with van der Waals surface area (Å²) >= 11 is 0. The Bertz CT molecular complexity index is 792. The SMILES string of the molecule is CN=C(NCc1ccc(NC(=O)OC)cc1)N1CCN(c2ccccn2)CC1.I. The molecule has 0 unspecified atom stereocenters. The molecule has 1 aromatic heterocycles. The van der Waals surface area contributed by atoms with E-state index in [1.165, 1.54) is 7.11 Å². The Balaban J connectivity index is 0.00000300. The standard InChI is InChI=1S/C20H26N6O2.HI/c1-21-19(23-15-16-6-8-17(9-7-16)24-20(27)28-2)26-13-11-25(12-14-26)18-5-3-4-10-22-18;/h3-10H,11-15H2,1-2H3,(H,21,23)(H,24,27);1H. The summed E-state index contributed by atoms with van der Waals surface area (Å²) in [6, 6.07) is 13.6. The van der Waals surface area contributed by atoms with Gasteiger partial charge in [-0.05, 0) is 29.8 Å². The minimum Gasteiger partial charge on any atom is -0.453 e. The van der Waals surface area contributed by atoms with E-state index in [2.05, 4.69) is 35.1 Å². The van der Waals surface area contributed by atoms with Gasteiger partial charge in [-0.1, -0.05) is 18.2 Å². The van der Waals surface area contributed by atoms with Gasteiger partial charge in [-0.25, -0.2) is 9.78 Å². The second-order valence-corrected chi connectivity index (χ2v) is 6.38.